The maximum atomic E-state index is 12.7. The van der Waals surface area contributed by atoms with Gasteiger partial charge >= 0.3 is 11.9 Å². The summed E-state index contributed by atoms with van der Waals surface area (Å²) < 4.78 is 6.17. The number of hydrogen-bond donors (Lipinski definition) is 4. The first-order valence-electron chi connectivity index (χ1n) is 12.3. The number of aliphatic carboxylic acids is 2. The first kappa shape index (κ1) is 26.9. The van der Waals surface area contributed by atoms with Gasteiger partial charge in [0.15, 0.2) is 0 Å². The van der Waals surface area contributed by atoms with E-state index in [2.05, 4.69) is 0 Å². The number of aryl methyl sites for hydroxylation is 1. The second kappa shape index (κ2) is 11.0. The Morgan fingerprint density at radius 1 is 1.00 bits per heavy atom. The van der Waals surface area contributed by atoms with Crippen molar-refractivity contribution in [1.29, 1.82) is 0 Å². The van der Waals surface area contributed by atoms with E-state index in [-0.39, 0.29) is 25.1 Å². The van der Waals surface area contributed by atoms with Gasteiger partial charge in [-0.15, -0.1) is 0 Å². The van der Waals surface area contributed by atoms with E-state index in [0.29, 0.717) is 28.0 Å². The number of aliphatic hydroxyl groups is 1. The SMILES string of the molecule is CC1=C(C(=O)O)CC(C(=O)O)(c2cccc(CN)c2COc2ccc(C(O)c3ccccc3)cc2C)C=C1. The van der Waals surface area contributed by atoms with Gasteiger partial charge in [-0.3, -0.25) is 4.79 Å². The number of aliphatic hydroxyl groups excluding tert-OH is 1. The van der Waals surface area contributed by atoms with E-state index >= 15 is 0 Å². The summed E-state index contributed by atoms with van der Waals surface area (Å²) in [4.78, 5) is 24.6. The molecule has 0 aromatic heterocycles. The molecule has 3 aromatic carbocycles. The molecule has 5 N–H and O–H groups in total. The Bertz CT molecular complexity index is 1430. The molecular weight excluding hydrogens is 482 g/mol. The van der Waals surface area contributed by atoms with Crippen LogP contribution in [0.1, 0.15) is 52.8 Å². The predicted molar refractivity (Wildman–Crippen MR) is 144 cm³/mol. The van der Waals surface area contributed by atoms with Crippen molar-refractivity contribution in [2.45, 2.75) is 44.9 Å². The van der Waals surface area contributed by atoms with Crippen LogP contribution >= 0.6 is 0 Å². The second-order valence-corrected chi connectivity index (χ2v) is 9.53. The molecule has 38 heavy (non-hydrogen) atoms. The van der Waals surface area contributed by atoms with Crippen molar-refractivity contribution in [2.75, 3.05) is 0 Å². The molecule has 0 fully saturated rings. The highest BCUT2D eigenvalue weighted by atomic mass is 16.5. The zero-order valence-electron chi connectivity index (χ0n) is 21.3. The van der Waals surface area contributed by atoms with Crippen molar-refractivity contribution in [3.8, 4) is 5.75 Å². The van der Waals surface area contributed by atoms with Gasteiger partial charge < -0.3 is 25.8 Å². The molecule has 0 spiro atoms. The van der Waals surface area contributed by atoms with Gasteiger partial charge in [0.2, 0.25) is 0 Å². The molecule has 2 unspecified atom stereocenters. The second-order valence-electron chi connectivity index (χ2n) is 9.53. The third-order valence-corrected chi connectivity index (χ3v) is 7.16. The molecule has 7 heteroatoms. The molecule has 196 valence electrons. The van der Waals surface area contributed by atoms with Crippen LogP contribution in [-0.2, 0) is 28.2 Å². The van der Waals surface area contributed by atoms with E-state index < -0.39 is 23.5 Å². The molecule has 3 aromatic rings. The van der Waals surface area contributed by atoms with Crippen molar-refractivity contribution in [1.82, 2.24) is 0 Å². The van der Waals surface area contributed by atoms with Gasteiger partial charge in [-0.2, -0.15) is 0 Å². The molecule has 0 aliphatic heterocycles. The Labute approximate surface area is 221 Å². The van der Waals surface area contributed by atoms with E-state index in [4.69, 9.17) is 10.5 Å². The van der Waals surface area contributed by atoms with Crippen LogP contribution in [0.4, 0.5) is 0 Å². The average Bonchev–Trinajstić information content (AvgIpc) is 2.92. The lowest BCUT2D eigenvalue weighted by Gasteiger charge is -2.33. The molecule has 2 atom stereocenters. The number of carboxylic acid groups (broad SMARTS) is 2. The van der Waals surface area contributed by atoms with Crippen molar-refractivity contribution in [3.63, 3.8) is 0 Å². The van der Waals surface area contributed by atoms with Gasteiger partial charge in [-0.25, -0.2) is 4.79 Å². The Hall–Kier alpha value is -4.20. The number of carbonyl (C=O) groups is 2. The summed E-state index contributed by atoms with van der Waals surface area (Å²) in [5.41, 5.74) is 9.12. The monoisotopic (exact) mass is 513 g/mol. The lowest BCUT2D eigenvalue weighted by Crippen LogP contribution is -2.38. The summed E-state index contributed by atoms with van der Waals surface area (Å²) >= 11 is 0. The molecule has 0 saturated carbocycles. The fourth-order valence-electron chi connectivity index (χ4n) is 4.93. The quantitative estimate of drug-likeness (QED) is 0.323. The van der Waals surface area contributed by atoms with Crippen molar-refractivity contribution in [2.24, 2.45) is 5.73 Å². The van der Waals surface area contributed by atoms with Gasteiger partial charge in [0.1, 0.15) is 23.9 Å². The Balaban J connectivity index is 1.67. The molecule has 0 bridgehead atoms. The number of allylic oxidation sites excluding steroid dienone is 2. The van der Waals surface area contributed by atoms with Crippen molar-refractivity contribution in [3.05, 3.63) is 123 Å². The normalized spacial score (nSPS) is 17.8. The Morgan fingerprint density at radius 2 is 1.74 bits per heavy atom. The first-order valence-corrected chi connectivity index (χ1v) is 12.3. The summed E-state index contributed by atoms with van der Waals surface area (Å²) in [6.45, 7) is 3.74. The minimum atomic E-state index is -1.57. The standard InChI is InChI=1S/C31H31NO6/c1-19-13-14-31(30(36)37,16-24(19)29(34)35)26-10-6-9-23(17-32)25(26)18-38-27-12-11-22(15-20(27)2)28(33)21-7-4-3-5-8-21/h3-15,28,33H,16-18,32H2,1-2H3,(H,34,35)(H,36,37). The molecule has 1 aliphatic carbocycles. The van der Waals surface area contributed by atoms with Gasteiger partial charge in [0.25, 0.3) is 0 Å². The summed E-state index contributed by atoms with van der Waals surface area (Å²) in [5, 5.41) is 30.8. The molecule has 0 amide bonds. The predicted octanol–water partition coefficient (Wildman–Crippen LogP) is 4.80. The van der Waals surface area contributed by atoms with Gasteiger partial charge in [-0.05, 0) is 64.9 Å². The van der Waals surface area contributed by atoms with Crippen LogP contribution < -0.4 is 10.5 Å². The van der Waals surface area contributed by atoms with Crippen LogP contribution in [0.3, 0.4) is 0 Å². The largest absolute Gasteiger partial charge is 0.489 e. The van der Waals surface area contributed by atoms with Crippen LogP contribution in [-0.4, -0.2) is 27.3 Å². The molecular formula is C31H31NO6. The average molecular weight is 514 g/mol. The van der Waals surface area contributed by atoms with E-state index in [1.165, 1.54) is 0 Å². The molecule has 4 rings (SSSR count). The van der Waals surface area contributed by atoms with Crippen molar-refractivity contribution >= 4 is 11.9 Å². The lowest BCUT2D eigenvalue weighted by atomic mass is 9.69. The fourth-order valence-corrected chi connectivity index (χ4v) is 4.93. The Kier molecular flexibility index (Phi) is 7.80. The van der Waals surface area contributed by atoms with Crippen molar-refractivity contribution < 1.29 is 29.6 Å². The zero-order chi connectivity index (χ0) is 27.4. The number of ether oxygens (including phenoxy) is 1. The third kappa shape index (κ3) is 5.11. The summed E-state index contributed by atoms with van der Waals surface area (Å²) in [6.07, 6.45) is 2.15. The highest BCUT2D eigenvalue weighted by Gasteiger charge is 2.44. The van der Waals surface area contributed by atoms with Crippen LogP contribution in [0.15, 0.2) is 90.0 Å². The number of rotatable bonds is 9. The van der Waals surface area contributed by atoms with Gasteiger partial charge in [-0.1, -0.05) is 66.7 Å². The smallest absolute Gasteiger partial charge is 0.331 e. The van der Waals surface area contributed by atoms with E-state index in [1.807, 2.05) is 49.4 Å². The fraction of sp³-hybridized carbons (Fsp3) is 0.226. The van der Waals surface area contributed by atoms with Gasteiger partial charge in [0.05, 0.1) is 0 Å². The highest BCUT2D eigenvalue weighted by Crippen LogP contribution is 2.41. The maximum absolute atomic E-state index is 12.7. The molecule has 1 aliphatic rings. The zero-order valence-corrected chi connectivity index (χ0v) is 21.3. The van der Waals surface area contributed by atoms with Crippen LogP contribution in [0.25, 0.3) is 0 Å². The summed E-state index contributed by atoms with van der Waals surface area (Å²) in [6, 6.07) is 20.0. The minimum absolute atomic E-state index is 0.0398. The van der Waals surface area contributed by atoms with E-state index in [9.17, 15) is 24.9 Å². The lowest BCUT2D eigenvalue weighted by molar-refractivity contribution is -0.142. The first-order chi connectivity index (χ1) is 18.2. The maximum Gasteiger partial charge on any atom is 0.331 e. The molecule has 0 radical (unpaired) electrons. The van der Waals surface area contributed by atoms with Crippen LogP contribution in [0.2, 0.25) is 0 Å². The molecule has 0 saturated heterocycles. The Morgan fingerprint density at radius 3 is 2.37 bits per heavy atom. The molecule has 7 nitrogen and oxygen atoms in total. The number of benzene rings is 3. The van der Waals surface area contributed by atoms with Crippen LogP contribution in [0.5, 0.6) is 5.75 Å². The number of nitrogens with two attached hydrogens (primary N) is 1. The van der Waals surface area contributed by atoms with E-state index in [0.717, 1.165) is 16.7 Å². The van der Waals surface area contributed by atoms with E-state index in [1.54, 1.807) is 43.3 Å². The minimum Gasteiger partial charge on any atom is -0.489 e. The molecule has 0 heterocycles. The summed E-state index contributed by atoms with van der Waals surface area (Å²) in [5.74, 6) is -1.71. The summed E-state index contributed by atoms with van der Waals surface area (Å²) in [7, 11) is 0. The number of hydrogen-bond acceptors (Lipinski definition) is 5. The topological polar surface area (TPSA) is 130 Å². The highest BCUT2D eigenvalue weighted by molar-refractivity contribution is 5.94. The van der Waals surface area contributed by atoms with Gasteiger partial charge in [0, 0.05) is 18.5 Å². The van der Waals surface area contributed by atoms with Crippen LogP contribution in [0, 0.1) is 6.92 Å². The number of carboxylic acids is 2. The third-order valence-electron chi connectivity index (χ3n) is 7.16.